The lowest BCUT2D eigenvalue weighted by Crippen LogP contribution is -2.19. The van der Waals surface area contributed by atoms with Crippen molar-refractivity contribution < 1.29 is 4.74 Å². The minimum atomic E-state index is 0.691. The van der Waals surface area contributed by atoms with Gasteiger partial charge in [0.15, 0.2) is 0 Å². The second-order valence-electron chi connectivity index (χ2n) is 4.95. The third-order valence-corrected chi connectivity index (χ3v) is 3.56. The van der Waals surface area contributed by atoms with E-state index in [1.807, 2.05) is 51.4 Å². The first-order valence-electron chi connectivity index (χ1n) is 6.59. The Morgan fingerprint density at radius 2 is 1.95 bits per heavy atom. The number of pyridine rings is 1. The Labute approximate surface area is 120 Å². The molecule has 0 unspecified atom stereocenters. The van der Waals surface area contributed by atoms with Gasteiger partial charge in [-0.05, 0) is 37.1 Å². The molecule has 0 aliphatic carbocycles. The molecule has 1 heterocycles. The summed E-state index contributed by atoms with van der Waals surface area (Å²) in [4.78, 5) is 6.61. The van der Waals surface area contributed by atoms with Crippen LogP contribution in [0.25, 0.3) is 0 Å². The van der Waals surface area contributed by atoms with Crippen LogP contribution in [-0.4, -0.2) is 19.1 Å². The van der Waals surface area contributed by atoms with Crippen LogP contribution < -0.4 is 15.4 Å². The van der Waals surface area contributed by atoms with Gasteiger partial charge in [-0.3, -0.25) is 4.98 Å². The van der Waals surface area contributed by atoms with E-state index < -0.39 is 0 Å². The molecule has 20 heavy (non-hydrogen) atoms. The second kappa shape index (κ2) is 5.82. The Bertz CT molecular complexity index is 611. The number of nitrogen functional groups attached to an aromatic ring is 1. The maximum atomic E-state index is 6.07. The van der Waals surface area contributed by atoms with Gasteiger partial charge in [0.25, 0.3) is 0 Å². The molecule has 2 rings (SSSR count). The molecule has 4 heteroatoms. The molecular formula is C16H21N3O. The monoisotopic (exact) mass is 271 g/mol. The van der Waals surface area contributed by atoms with Crippen LogP contribution in [0, 0.1) is 13.8 Å². The molecule has 0 bridgehead atoms. The number of aryl methyl sites for hydroxylation is 1. The number of hydrogen-bond acceptors (Lipinski definition) is 4. The highest BCUT2D eigenvalue weighted by Crippen LogP contribution is 2.28. The Balaban J connectivity index is 2.28. The molecule has 2 aromatic rings. The molecule has 0 saturated carbocycles. The van der Waals surface area contributed by atoms with Crippen molar-refractivity contribution in [1.29, 1.82) is 0 Å². The molecular weight excluding hydrogens is 250 g/mol. The number of hydrogen-bond donors (Lipinski definition) is 1. The zero-order chi connectivity index (χ0) is 14.7. The van der Waals surface area contributed by atoms with Gasteiger partial charge in [0, 0.05) is 18.9 Å². The number of nitrogens with two attached hydrogens (primary N) is 1. The van der Waals surface area contributed by atoms with Crippen molar-refractivity contribution in [3.05, 3.63) is 47.3 Å². The Morgan fingerprint density at radius 3 is 2.65 bits per heavy atom. The average molecular weight is 271 g/mol. The second-order valence-corrected chi connectivity index (χ2v) is 4.95. The van der Waals surface area contributed by atoms with Gasteiger partial charge in [-0.1, -0.05) is 12.1 Å². The van der Waals surface area contributed by atoms with Crippen LogP contribution in [-0.2, 0) is 6.54 Å². The number of benzene rings is 1. The van der Waals surface area contributed by atoms with Crippen molar-refractivity contribution in [1.82, 2.24) is 4.98 Å². The SMILES string of the molecule is COc1ccccc1N(C)Cc1ncc(C)c(N)c1C. The van der Waals surface area contributed by atoms with E-state index >= 15 is 0 Å². The van der Waals surface area contributed by atoms with Gasteiger partial charge < -0.3 is 15.4 Å². The summed E-state index contributed by atoms with van der Waals surface area (Å²) in [6.07, 6.45) is 1.83. The number of rotatable bonds is 4. The summed E-state index contributed by atoms with van der Waals surface area (Å²) < 4.78 is 5.39. The van der Waals surface area contributed by atoms with Crippen molar-refractivity contribution >= 4 is 11.4 Å². The van der Waals surface area contributed by atoms with Crippen molar-refractivity contribution in [3.8, 4) is 5.75 Å². The number of methoxy groups -OCH3 is 1. The minimum Gasteiger partial charge on any atom is -0.495 e. The number of anilines is 2. The highest BCUT2D eigenvalue weighted by atomic mass is 16.5. The topological polar surface area (TPSA) is 51.4 Å². The molecule has 1 aromatic heterocycles. The van der Waals surface area contributed by atoms with Gasteiger partial charge in [0.2, 0.25) is 0 Å². The summed E-state index contributed by atoms with van der Waals surface area (Å²) in [7, 11) is 3.70. The lowest BCUT2D eigenvalue weighted by molar-refractivity contribution is 0.414. The normalized spacial score (nSPS) is 10.4. The van der Waals surface area contributed by atoms with Crippen molar-refractivity contribution in [2.75, 3.05) is 24.8 Å². The smallest absolute Gasteiger partial charge is 0.142 e. The van der Waals surface area contributed by atoms with E-state index in [1.165, 1.54) is 0 Å². The summed E-state index contributed by atoms with van der Waals surface area (Å²) in [5, 5.41) is 0. The zero-order valence-electron chi connectivity index (χ0n) is 12.5. The molecule has 0 saturated heterocycles. The third-order valence-electron chi connectivity index (χ3n) is 3.56. The molecule has 0 radical (unpaired) electrons. The van der Waals surface area contributed by atoms with Gasteiger partial charge in [0.05, 0.1) is 25.0 Å². The van der Waals surface area contributed by atoms with Crippen LogP contribution in [0.15, 0.2) is 30.5 Å². The molecule has 0 aliphatic rings. The third kappa shape index (κ3) is 2.69. The van der Waals surface area contributed by atoms with Crippen LogP contribution in [0.5, 0.6) is 5.75 Å². The van der Waals surface area contributed by atoms with Crippen molar-refractivity contribution in [2.24, 2.45) is 0 Å². The Kier molecular flexibility index (Phi) is 4.13. The van der Waals surface area contributed by atoms with E-state index in [9.17, 15) is 0 Å². The fourth-order valence-corrected chi connectivity index (χ4v) is 2.21. The van der Waals surface area contributed by atoms with E-state index in [0.717, 1.165) is 33.9 Å². The zero-order valence-corrected chi connectivity index (χ0v) is 12.5. The van der Waals surface area contributed by atoms with E-state index in [-0.39, 0.29) is 0 Å². The van der Waals surface area contributed by atoms with Crippen molar-refractivity contribution in [2.45, 2.75) is 20.4 Å². The average Bonchev–Trinajstić information content (AvgIpc) is 2.47. The summed E-state index contributed by atoms with van der Waals surface area (Å²) >= 11 is 0. The summed E-state index contributed by atoms with van der Waals surface area (Å²) in [5.41, 5.74) is 11.0. The van der Waals surface area contributed by atoms with Gasteiger partial charge in [0.1, 0.15) is 5.75 Å². The van der Waals surface area contributed by atoms with Gasteiger partial charge in [-0.15, -0.1) is 0 Å². The van der Waals surface area contributed by atoms with Crippen LogP contribution >= 0.6 is 0 Å². The van der Waals surface area contributed by atoms with Crippen LogP contribution in [0.2, 0.25) is 0 Å². The number of para-hydroxylation sites is 2. The predicted octanol–water partition coefficient (Wildman–Crippen LogP) is 2.93. The number of aromatic nitrogens is 1. The molecule has 0 fully saturated rings. The number of nitrogens with zero attached hydrogens (tertiary/aromatic N) is 2. The Hall–Kier alpha value is -2.23. The maximum Gasteiger partial charge on any atom is 0.142 e. The van der Waals surface area contributed by atoms with E-state index in [4.69, 9.17) is 10.5 Å². The molecule has 4 nitrogen and oxygen atoms in total. The maximum absolute atomic E-state index is 6.07. The predicted molar refractivity (Wildman–Crippen MR) is 83.2 cm³/mol. The van der Waals surface area contributed by atoms with Crippen LogP contribution in [0.3, 0.4) is 0 Å². The van der Waals surface area contributed by atoms with Gasteiger partial charge in [-0.25, -0.2) is 0 Å². The highest BCUT2D eigenvalue weighted by Gasteiger charge is 2.12. The lowest BCUT2D eigenvalue weighted by atomic mass is 10.1. The molecule has 0 aliphatic heterocycles. The van der Waals surface area contributed by atoms with E-state index in [2.05, 4.69) is 9.88 Å². The molecule has 2 N–H and O–H groups in total. The largest absolute Gasteiger partial charge is 0.495 e. The molecule has 0 spiro atoms. The minimum absolute atomic E-state index is 0.691. The fourth-order valence-electron chi connectivity index (χ4n) is 2.21. The quantitative estimate of drug-likeness (QED) is 0.929. The van der Waals surface area contributed by atoms with Crippen LogP contribution in [0.1, 0.15) is 16.8 Å². The molecule has 0 atom stereocenters. The fraction of sp³-hybridized carbons (Fsp3) is 0.312. The highest BCUT2D eigenvalue weighted by molar-refractivity contribution is 5.59. The Morgan fingerprint density at radius 1 is 1.25 bits per heavy atom. The van der Waals surface area contributed by atoms with E-state index in [0.29, 0.717) is 6.54 Å². The molecule has 1 aromatic carbocycles. The first kappa shape index (κ1) is 14.2. The van der Waals surface area contributed by atoms with E-state index in [1.54, 1.807) is 7.11 Å². The summed E-state index contributed by atoms with van der Waals surface area (Å²) in [6.45, 7) is 4.68. The van der Waals surface area contributed by atoms with Gasteiger partial charge in [-0.2, -0.15) is 0 Å². The van der Waals surface area contributed by atoms with Gasteiger partial charge >= 0.3 is 0 Å². The molecule has 106 valence electrons. The van der Waals surface area contributed by atoms with Crippen LogP contribution in [0.4, 0.5) is 11.4 Å². The molecule has 0 amide bonds. The summed E-state index contributed by atoms with van der Waals surface area (Å²) in [5.74, 6) is 0.854. The standard InChI is InChI=1S/C16H21N3O/c1-11-9-18-13(12(2)16(11)17)10-19(3)14-7-5-6-8-15(14)20-4/h5-9H,10H2,1-4H3,(H2,17,18). The lowest BCUT2D eigenvalue weighted by Gasteiger charge is -2.22. The summed E-state index contributed by atoms with van der Waals surface area (Å²) in [6, 6.07) is 7.95. The first-order valence-corrected chi connectivity index (χ1v) is 6.59. The number of ether oxygens (including phenoxy) is 1. The first-order chi connectivity index (χ1) is 9.54. The van der Waals surface area contributed by atoms with Crippen molar-refractivity contribution in [3.63, 3.8) is 0 Å².